The number of amides is 2. The second-order valence-corrected chi connectivity index (χ2v) is 7.15. The van der Waals surface area contributed by atoms with Crippen molar-refractivity contribution in [1.82, 2.24) is 10.2 Å². The topological polar surface area (TPSA) is 61.4 Å². The molecule has 5 nitrogen and oxygen atoms in total. The molecule has 2 N–H and O–H groups in total. The van der Waals surface area contributed by atoms with Crippen molar-refractivity contribution in [2.45, 2.75) is 51.0 Å². The number of hydrogen-bond acceptors (Lipinski definition) is 3. The molecule has 6 heteroatoms. The first-order valence-electron chi connectivity index (χ1n) is 9.11. The Morgan fingerprint density at radius 1 is 1.16 bits per heavy atom. The maximum atomic E-state index is 13.8. The summed E-state index contributed by atoms with van der Waals surface area (Å²) in [4.78, 5) is 27.2. The van der Waals surface area contributed by atoms with Crippen molar-refractivity contribution < 1.29 is 14.0 Å². The van der Waals surface area contributed by atoms with Gasteiger partial charge in [0, 0.05) is 0 Å². The van der Waals surface area contributed by atoms with Crippen molar-refractivity contribution in [3.8, 4) is 0 Å². The van der Waals surface area contributed by atoms with Gasteiger partial charge in [-0.3, -0.25) is 14.5 Å². The first-order valence-corrected chi connectivity index (χ1v) is 9.11. The van der Waals surface area contributed by atoms with Gasteiger partial charge in [0.15, 0.2) is 0 Å². The Hall–Kier alpha value is -1.95. The lowest BCUT2D eigenvalue weighted by molar-refractivity contribution is -0.134. The molecule has 2 amide bonds. The van der Waals surface area contributed by atoms with Crippen LogP contribution in [-0.2, 0) is 9.59 Å². The molecule has 0 bridgehead atoms. The zero-order chi connectivity index (χ0) is 17.9. The highest BCUT2D eigenvalue weighted by Gasteiger charge is 2.46. The third kappa shape index (κ3) is 3.84. The fourth-order valence-electron chi connectivity index (χ4n) is 4.03. The van der Waals surface area contributed by atoms with Crippen LogP contribution in [-0.4, -0.2) is 41.9 Å². The summed E-state index contributed by atoms with van der Waals surface area (Å²) in [6.45, 7) is 3.55. The quantitative estimate of drug-likeness (QED) is 0.861. The van der Waals surface area contributed by atoms with Crippen molar-refractivity contribution in [2.24, 2.45) is 0 Å². The van der Waals surface area contributed by atoms with Gasteiger partial charge in [-0.05, 0) is 63.4 Å². The van der Waals surface area contributed by atoms with Gasteiger partial charge in [0.1, 0.15) is 11.4 Å². The average Bonchev–Trinajstić information content (AvgIpc) is 3.27. The number of rotatable bonds is 5. The van der Waals surface area contributed by atoms with E-state index in [1.807, 2.05) is 0 Å². The van der Waals surface area contributed by atoms with E-state index in [4.69, 9.17) is 0 Å². The number of hydrogen-bond donors (Lipinski definition) is 2. The first kappa shape index (κ1) is 17.9. The maximum absolute atomic E-state index is 13.8. The smallest absolute Gasteiger partial charge is 0.243 e. The molecule has 0 radical (unpaired) electrons. The van der Waals surface area contributed by atoms with Crippen LogP contribution in [0.5, 0.6) is 0 Å². The molecule has 2 aliphatic rings. The van der Waals surface area contributed by atoms with Crippen molar-refractivity contribution in [3.05, 3.63) is 29.6 Å². The third-order valence-corrected chi connectivity index (χ3v) is 5.37. The highest BCUT2D eigenvalue weighted by molar-refractivity contribution is 5.96. The molecule has 0 unspecified atom stereocenters. The Morgan fingerprint density at radius 2 is 1.84 bits per heavy atom. The summed E-state index contributed by atoms with van der Waals surface area (Å²) < 4.78 is 13.8. The summed E-state index contributed by atoms with van der Waals surface area (Å²) in [6, 6.07) is 4.64. The molecule has 1 saturated heterocycles. The maximum Gasteiger partial charge on any atom is 0.243 e. The number of nitrogens with zero attached hydrogens (tertiary/aromatic N) is 1. The van der Waals surface area contributed by atoms with Crippen LogP contribution in [0.15, 0.2) is 18.2 Å². The summed E-state index contributed by atoms with van der Waals surface area (Å²) in [5.74, 6) is -0.943. The fourth-order valence-corrected chi connectivity index (χ4v) is 4.03. The van der Waals surface area contributed by atoms with Gasteiger partial charge in [0.05, 0.1) is 12.2 Å². The van der Waals surface area contributed by atoms with Crippen molar-refractivity contribution in [1.29, 1.82) is 0 Å². The van der Waals surface area contributed by atoms with Gasteiger partial charge < -0.3 is 10.6 Å². The zero-order valence-corrected chi connectivity index (χ0v) is 14.7. The third-order valence-electron chi connectivity index (χ3n) is 5.37. The average molecular weight is 347 g/mol. The molecule has 1 saturated carbocycles. The normalized spacial score (nSPS) is 19.8. The monoisotopic (exact) mass is 347 g/mol. The zero-order valence-electron chi connectivity index (χ0n) is 14.7. The van der Waals surface area contributed by atoms with Gasteiger partial charge in [-0.15, -0.1) is 0 Å². The van der Waals surface area contributed by atoms with E-state index in [0.29, 0.717) is 0 Å². The Balaban J connectivity index is 1.58. The summed E-state index contributed by atoms with van der Waals surface area (Å²) >= 11 is 0. The van der Waals surface area contributed by atoms with Gasteiger partial charge in [0.2, 0.25) is 11.8 Å². The van der Waals surface area contributed by atoms with Gasteiger partial charge in [-0.25, -0.2) is 4.39 Å². The summed E-state index contributed by atoms with van der Waals surface area (Å²) in [7, 11) is 0. The highest BCUT2D eigenvalue weighted by atomic mass is 19.1. The Bertz CT molecular complexity index is 650. The lowest BCUT2D eigenvalue weighted by atomic mass is 9.94. The number of likely N-dealkylation sites (tertiary alicyclic amines) is 1. The molecule has 1 aliphatic carbocycles. The van der Waals surface area contributed by atoms with Gasteiger partial charge >= 0.3 is 0 Å². The Kier molecular flexibility index (Phi) is 5.37. The predicted molar refractivity (Wildman–Crippen MR) is 94.8 cm³/mol. The molecular formula is C19H26FN3O2. The molecule has 136 valence electrons. The number of anilines is 1. The van der Waals surface area contributed by atoms with Crippen LogP contribution in [0, 0.1) is 12.7 Å². The van der Waals surface area contributed by atoms with E-state index in [2.05, 4.69) is 15.5 Å². The van der Waals surface area contributed by atoms with E-state index < -0.39 is 17.3 Å². The van der Waals surface area contributed by atoms with Gasteiger partial charge in [-0.1, -0.05) is 18.9 Å². The molecule has 3 rings (SSSR count). The molecule has 1 aromatic carbocycles. The van der Waals surface area contributed by atoms with Gasteiger partial charge in [-0.2, -0.15) is 0 Å². The predicted octanol–water partition coefficient (Wildman–Crippen LogP) is 2.60. The standard InChI is InChI=1S/C19H26FN3O2/c1-14-6-7-16(15(20)12-14)22-17(24)13-21-18(25)19(8-2-3-9-19)23-10-4-5-11-23/h6-7,12H,2-5,8-11,13H2,1H3,(H,21,25)(H,22,24). The minimum Gasteiger partial charge on any atom is -0.345 e. The SMILES string of the molecule is Cc1ccc(NC(=O)CNC(=O)C2(N3CCCC3)CCCC2)c(F)c1. The Morgan fingerprint density at radius 3 is 2.48 bits per heavy atom. The fraction of sp³-hybridized carbons (Fsp3) is 0.579. The van der Waals surface area contributed by atoms with Crippen molar-refractivity contribution >= 4 is 17.5 Å². The number of aryl methyl sites for hydroxylation is 1. The summed E-state index contributed by atoms with van der Waals surface area (Å²) in [5, 5.41) is 5.30. The summed E-state index contributed by atoms with van der Waals surface area (Å²) in [5.41, 5.74) is 0.476. The Labute approximate surface area is 148 Å². The molecule has 25 heavy (non-hydrogen) atoms. The number of carbonyl (C=O) groups excluding carboxylic acids is 2. The van der Waals surface area contributed by atoms with E-state index in [1.165, 1.54) is 12.1 Å². The lowest BCUT2D eigenvalue weighted by Crippen LogP contribution is -2.57. The lowest BCUT2D eigenvalue weighted by Gasteiger charge is -2.37. The molecule has 1 aliphatic heterocycles. The molecule has 1 aromatic rings. The highest BCUT2D eigenvalue weighted by Crippen LogP contribution is 2.37. The number of carbonyl (C=O) groups is 2. The van der Waals surface area contributed by atoms with E-state index in [0.717, 1.165) is 57.2 Å². The van der Waals surface area contributed by atoms with E-state index in [1.54, 1.807) is 13.0 Å². The second kappa shape index (κ2) is 7.52. The van der Waals surface area contributed by atoms with Crippen molar-refractivity contribution in [3.63, 3.8) is 0 Å². The first-order chi connectivity index (χ1) is 12.0. The van der Waals surface area contributed by atoms with E-state index in [-0.39, 0.29) is 18.1 Å². The minimum absolute atomic E-state index is 0.0635. The van der Waals surface area contributed by atoms with Gasteiger partial charge in [0.25, 0.3) is 0 Å². The largest absolute Gasteiger partial charge is 0.345 e. The minimum atomic E-state index is -0.469. The van der Waals surface area contributed by atoms with Crippen molar-refractivity contribution in [2.75, 3.05) is 25.0 Å². The molecule has 0 spiro atoms. The number of halogens is 1. The number of nitrogens with one attached hydrogen (secondary N) is 2. The van der Waals surface area contributed by atoms with Crippen LogP contribution in [0.2, 0.25) is 0 Å². The van der Waals surface area contributed by atoms with Crippen LogP contribution in [0.3, 0.4) is 0 Å². The van der Waals surface area contributed by atoms with Crippen LogP contribution < -0.4 is 10.6 Å². The van der Waals surface area contributed by atoms with Crippen LogP contribution in [0.25, 0.3) is 0 Å². The van der Waals surface area contributed by atoms with E-state index in [9.17, 15) is 14.0 Å². The summed E-state index contributed by atoms with van der Waals surface area (Å²) in [6.07, 6.45) is 6.06. The van der Waals surface area contributed by atoms with Crippen LogP contribution in [0.1, 0.15) is 44.1 Å². The molecule has 0 aromatic heterocycles. The molecule has 0 atom stereocenters. The van der Waals surface area contributed by atoms with Crippen LogP contribution in [0.4, 0.5) is 10.1 Å². The molecular weight excluding hydrogens is 321 g/mol. The number of benzene rings is 1. The van der Waals surface area contributed by atoms with E-state index >= 15 is 0 Å². The molecule has 2 fully saturated rings. The second-order valence-electron chi connectivity index (χ2n) is 7.15. The molecule has 1 heterocycles. The van der Waals surface area contributed by atoms with Crippen LogP contribution >= 0.6 is 0 Å².